The Morgan fingerprint density at radius 2 is 1.66 bits per heavy atom. The van der Waals surface area contributed by atoms with E-state index in [1.165, 1.54) is 25.7 Å². The number of hydrogen-bond donors (Lipinski definition) is 2. The van der Waals surface area contributed by atoms with Crippen LogP contribution in [0.4, 0.5) is 11.4 Å². The smallest absolute Gasteiger partial charge is 0.224 e. The first-order valence-electron chi connectivity index (χ1n) is 12.7. The van der Waals surface area contributed by atoms with Crippen LogP contribution in [0.25, 0.3) is 0 Å². The van der Waals surface area contributed by atoms with Gasteiger partial charge >= 0.3 is 0 Å². The number of piperazine rings is 1. The molecule has 0 radical (unpaired) electrons. The van der Waals surface area contributed by atoms with Gasteiger partial charge in [0.1, 0.15) is 5.84 Å². The summed E-state index contributed by atoms with van der Waals surface area (Å²) in [5.74, 6) is 1.10. The molecule has 0 saturated carbocycles. The number of aryl methyl sites for hydroxylation is 1. The van der Waals surface area contributed by atoms with Crippen molar-refractivity contribution in [3.05, 3.63) is 58.1 Å². The topological polar surface area (TPSA) is 60.0 Å². The van der Waals surface area contributed by atoms with E-state index in [0.717, 1.165) is 68.6 Å². The molecule has 6 nitrogen and oxygen atoms in total. The highest BCUT2D eigenvalue weighted by Gasteiger charge is 2.19. The number of halogens is 2. The van der Waals surface area contributed by atoms with Gasteiger partial charge in [-0.15, -0.1) is 0 Å². The maximum atomic E-state index is 12.5. The summed E-state index contributed by atoms with van der Waals surface area (Å²) in [4.78, 5) is 22.5. The third-order valence-corrected chi connectivity index (χ3v) is 7.18. The molecule has 2 N–H and O–H groups in total. The van der Waals surface area contributed by atoms with Crippen LogP contribution in [0, 0.1) is 0 Å². The molecule has 0 bridgehead atoms. The molecule has 0 atom stereocenters. The van der Waals surface area contributed by atoms with Crippen molar-refractivity contribution in [2.45, 2.75) is 38.5 Å². The molecule has 2 aliphatic heterocycles. The molecular weight excluding hydrogens is 481 g/mol. The zero-order valence-electron chi connectivity index (χ0n) is 20.2. The summed E-state index contributed by atoms with van der Waals surface area (Å²) in [6, 6.07) is 13.2. The van der Waals surface area contributed by atoms with Crippen LogP contribution in [0.1, 0.15) is 37.7 Å². The van der Waals surface area contributed by atoms with Crippen molar-refractivity contribution in [3.63, 3.8) is 0 Å². The second-order valence-corrected chi connectivity index (χ2v) is 10.1. The third kappa shape index (κ3) is 8.21. The van der Waals surface area contributed by atoms with Gasteiger partial charge in [0.25, 0.3) is 0 Å². The number of likely N-dealkylation sites (tertiary alicyclic amines) is 1. The highest BCUT2D eigenvalue weighted by atomic mass is 35.5. The number of amides is 1. The Kier molecular flexibility index (Phi) is 9.83. The van der Waals surface area contributed by atoms with E-state index >= 15 is 0 Å². The maximum Gasteiger partial charge on any atom is 0.224 e. The molecule has 2 saturated heterocycles. The standard InChI is InChI=1S/C27H35Cl2N5O/c28-22-7-5-21(25(29)19-22)6-12-27(35)32-24-10-8-23(9-11-24)31-26(34-17-13-30-14-18-34)20-33-15-3-1-2-4-16-33/h5,7-11,19,30H,1-4,6,12-18,20H2,(H,32,35). The first-order chi connectivity index (χ1) is 17.1. The minimum Gasteiger partial charge on any atom is -0.356 e. The summed E-state index contributed by atoms with van der Waals surface area (Å²) < 4.78 is 0. The first-order valence-corrected chi connectivity index (χ1v) is 13.4. The Balaban J connectivity index is 1.37. The van der Waals surface area contributed by atoms with E-state index < -0.39 is 0 Å². The molecule has 0 aliphatic carbocycles. The van der Waals surface area contributed by atoms with Gasteiger partial charge in [-0.1, -0.05) is 42.1 Å². The summed E-state index contributed by atoms with van der Waals surface area (Å²) in [6.07, 6.45) is 6.12. The van der Waals surface area contributed by atoms with E-state index in [-0.39, 0.29) is 5.91 Å². The number of aliphatic imine (C=N–C) groups is 1. The fourth-order valence-corrected chi connectivity index (χ4v) is 5.09. The molecule has 1 amide bonds. The van der Waals surface area contributed by atoms with Gasteiger partial charge in [0.2, 0.25) is 5.91 Å². The Morgan fingerprint density at radius 3 is 2.34 bits per heavy atom. The summed E-state index contributed by atoms with van der Waals surface area (Å²) >= 11 is 12.2. The monoisotopic (exact) mass is 515 g/mol. The number of carbonyl (C=O) groups excluding carboxylic acids is 1. The average molecular weight is 517 g/mol. The van der Waals surface area contributed by atoms with E-state index in [2.05, 4.69) is 20.4 Å². The fraction of sp³-hybridized carbons (Fsp3) is 0.481. The van der Waals surface area contributed by atoms with Crippen LogP contribution >= 0.6 is 23.2 Å². The number of hydrogen-bond acceptors (Lipinski definition) is 4. The fourth-order valence-electron chi connectivity index (χ4n) is 4.59. The van der Waals surface area contributed by atoms with E-state index in [0.29, 0.717) is 22.9 Å². The van der Waals surface area contributed by atoms with Crippen LogP contribution in [-0.4, -0.2) is 67.4 Å². The molecular formula is C27H35Cl2N5O. The van der Waals surface area contributed by atoms with E-state index in [4.69, 9.17) is 28.2 Å². The number of benzene rings is 2. The van der Waals surface area contributed by atoms with Crippen molar-refractivity contribution in [2.24, 2.45) is 4.99 Å². The Hall–Kier alpha value is -2.12. The van der Waals surface area contributed by atoms with Gasteiger partial charge in [-0.05, 0) is 74.3 Å². The largest absolute Gasteiger partial charge is 0.356 e. The minimum absolute atomic E-state index is 0.0464. The van der Waals surface area contributed by atoms with E-state index in [9.17, 15) is 4.79 Å². The quantitative estimate of drug-likeness (QED) is 0.384. The molecule has 2 aromatic carbocycles. The lowest BCUT2D eigenvalue weighted by Gasteiger charge is -2.33. The van der Waals surface area contributed by atoms with Crippen LogP contribution in [0.2, 0.25) is 10.0 Å². The molecule has 2 fully saturated rings. The van der Waals surface area contributed by atoms with Gasteiger partial charge in [-0.2, -0.15) is 0 Å². The molecule has 8 heteroatoms. The van der Waals surface area contributed by atoms with E-state index in [1.54, 1.807) is 12.1 Å². The number of nitrogens with one attached hydrogen (secondary N) is 2. The highest BCUT2D eigenvalue weighted by molar-refractivity contribution is 6.35. The zero-order chi connectivity index (χ0) is 24.5. The number of nitrogens with zero attached hydrogens (tertiary/aromatic N) is 3. The zero-order valence-corrected chi connectivity index (χ0v) is 21.8. The maximum absolute atomic E-state index is 12.5. The number of anilines is 1. The molecule has 4 rings (SSSR count). The Labute approximate surface area is 218 Å². The molecule has 0 unspecified atom stereocenters. The highest BCUT2D eigenvalue weighted by Crippen LogP contribution is 2.23. The van der Waals surface area contributed by atoms with Gasteiger partial charge in [0, 0.05) is 48.3 Å². The van der Waals surface area contributed by atoms with Crippen LogP contribution in [-0.2, 0) is 11.2 Å². The Bertz CT molecular complexity index is 997. The lowest BCUT2D eigenvalue weighted by molar-refractivity contribution is -0.116. The van der Waals surface area contributed by atoms with Crippen molar-refractivity contribution in [2.75, 3.05) is 51.1 Å². The molecule has 2 aromatic rings. The van der Waals surface area contributed by atoms with Crippen LogP contribution in [0.5, 0.6) is 0 Å². The summed E-state index contributed by atoms with van der Waals surface area (Å²) in [6.45, 7) is 7.15. The molecule has 35 heavy (non-hydrogen) atoms. The summed E-state index contributed by atoms with van der Waals surface area (Å²) in [5.41, 5.74) is 2.60. The van der Waals surface area contributed by atoms with Gasteiger partial charge in [-0.25, -0.2) is 4.99 Å². The predicted molar refractivity (Wildman–Crippen MR) is 146 cm³/mol. The molecule has 0 aromatic heterocycles. The number of carbonyl (C=O) groups is 1. The average Bonchev–Trinajstić information content (AvgIpc) is 3.13. The van der Waals surface area contributed by atoms with Crippen molar-refractivity contribution in [3.8, 4) is 0 Å². The minimum atomic E-state index is -0.0464. The summed E-state index contributed by atoms with van der Waals surface area (Å²) in [5, 5.41) is 7.60. The van der Waals surface area contributed by atoms with Crippen LogP contribution in [0.15, 0.2) is 47.5 Å². The van der Waals surface area contributed by atoms with Gasteiger partial charge in [0.05, 0.1) is 12.2 Å². The van der Waals surface area contributed by atoms with Crippen molar-refractivity contribution < 1.29 is 4.79 Å². The van der Waals surface area contributed by atoms with Gasteiger partial charge in [-0.3, -0.25) is 9.69 Å². The number of amidine groups is 1. The molecule has 2 aliphatic rings. The van der Waals surface area contributed by atoms with Crippen molar-refractivity contribution in [1.82, 2.24) is 15.1 Å². The first kappa shape index (κ1) is 26.0. The lowest BCUT2D eigenvalue weighted by atomic mass is 10.1. The Morgan fingerprint density at radius 1 is 0.943 bits per heavy atom. The SMILES string of the molecule is O=C(CCc1ccc(Cl)cc1Cl)Nc1ccc(N=C(CN2CCCCCC2)N2CCNCC2)cc1. The third-order valence-electron chi connectivity index (χ3n) is 6.59. The molecule has 2 heterocycles. The van der Waals surface area contributed by atoms with Crippen molar-refractivity contribution >= 4 is 46.3 Å². The van der Waals surface area contributed by atoms with Gasteiger partial charge in [0.15, 0.2) is 0 Å². The summed E-state index contributed by atoms with van der Waals surface area (Å²) in [7, 11) is 0. The molecule has 0 spiro atoms. The second-order valence-electron chi connectivity index (χ2n) is 9.29. The predicted octanol–water partition coefficient (Wildman–Crippen LogP) is 5.38. The van der Waals surface area contributed by atoms with Gasteiger partial charge < -0.3 is 15.5 Å². The number of rotatable bonds is 7. The van der Waals surface area contributed by atoms with Crippen molar-refractivity contribution in [1.29, 1.82) is 0 Å². The normalized spacial score (nSPS) is 17.8. The molecule has 188 valence electrons. The second kappa shape index (κ2) is 13.3. The lowest BCUT2D eigenvalue weighted by Crippen LogP contribution is -2.49. The van der Waals surface area contributed by atoms with Crippen LogP contribution < -0.4 is 10.6 Å². The van der Waals surface area contributed by atoms with Crippen LogP contribution in [0.3, 0.4) is 0 Å². The van der Waals surface area contributed by atoms with E-state index in [1.807, 2.05) is 30.3 Å².